The summed E-state index contributed by atoms with van der Waals surface area (Å²) in [6.07, 6.45) is 1.60. The van der Waals surface area contributed by atoms with Gasteiger partial charge in [0.25, 0.3) is 5.91 Å². The highest BCUT2D eigenvalue weighted by Crippen LogP contribution is 2.24. The molecule has 0 bridgehead atoms. The van der Waals surface area contributed by atoms with Gasteiger partial charge >= 0.3 is 0 Å². The average Bonchev–Trinajstić information content (AvgIpc) is 2.70. The quantitative estimate of drug-likeness (QED) is 0.685. The standard InChI is InChI=1S/C22H23N3O2/c1-4-25(19-7-5-6-16(2)14-19)21-13-8-17(15-23-21)22(26)24-18-9-11-20(27-3)12-10-18/h5-15H,4H2,1-3H3,(H,24,26). The number of carbonyl (C=O) groups excluding carboxylic acids is 1. The Labute approximate surface area is 159 Å². The van der Waals surface area contributed by atoms with Crippen LogP contribution in [0.3, 0.4) is 0 Å². The predicted molar refractivity (Wildman–Crippen MR) is 109 cm³/mol. The van der Waals surface area contributed by atoms with E-state index in [1.807, 2.05) is 12.1 Å². The summed E-state index contributed by atoms with van der Waals surface area (Å²) in [5, 5.41) is 2.86. The maximum Gasteiger partial charge on any atom is 0.257 e. The van der Waals surface area contributed by atoms with E-state index in [9.17, 15) is 4.79 Å². The lowest BCUT2D eigenvalue weighted by Gasteiger charge is -2.22. The molecular formula is C22H23N3O2. The number of nitrogens with zero attached hydrogens (tertiary/aromatic N) is 2. The van der Waals surface area contributed by atoms with E-state index in [4.69, 9.17) is 4.74 Å². The molecule has 27 heavy (non-hydrogen) atoms. The van der Waals surface area contributed by atoms with Gasteiger partial charge in [-0.1, -0.05) is 12.1 Å². The Morgan fingerprint density at radius 2 is 1.89 bits per heavy atom. The van der Waals surface area contributed by atoms with Crippen LogP contribution in [0.15, 0.2) is 66.9 Å². The van der Waals surface area contributed by atoms with Crippen molar-refractivity contribution < 1.29 is 9.53 Å². The molecule has 0 fully saturated rings. The van der Waals surface area contributed by atoms with Crippen molar-refractivity contribution in [3.63, 3.8) is 0 Å². The molecule has 138 valence electrons. The molecule has 0 atom stereocenters. The maximum atomic E-state index is 12.4. The van der Waals surface area contributed by atoms with Crippen molar-refractivity contribution in [1.29, 1.82) is 0 Å². The number of ether oxygens (including phenoxy) is 1. The first-order chi connectivity index (χ1) is 13.1. The first-order valence-corrected chi connectivity index (χ1v) is 8.86. The number of carbonyl (C=O) groups is 1. The molecule has 0 radical (unpaired) electrons. The van der Waals surface area contributed by atoms with Gasteiger partial charge < -0.3 is 15.0 Å². The van der Waals surface area contributed by atoms with Crippen molar-refractivity contribution in [2.75, 3.05) is 23.9 Å². The first kappa shape index (κ1) is 18.5. The number of benzene rings is 2. The zero-order chi connectivity index (χ0) is 19.2. The van der Waals surface area contributed by atoms with Crippen LogP contribution in [0.1, 0.15) is 22.8 Å². The third-order valence-corrected chi connectivity index (χ3v) is 4.26. The number of aromatic nitrogens is 1. The molecule has 0 aliphatic heterocycles. The van der Waals surface area contributed by atoms with Crippen LogP contribution in [0, 0.1) is 6.92 Å². The molecule has 0 unspecified atom stereocenters. The maximum absolute atomic E-state index is 12.4. The molecule has 1 aromatic heterocycles. The van der Waals surface area contributed by atoms with Gasteiger partial charge in [-0.3, -0.25) is 4.79 Å². The Morgan fingerprint density at radius 3 is 2.48 bits per heavy atom. The van der Waals surface area contributed by atoms with Gasteiger partial charge in [0.15, 0.2) is 0 Å². The molecule has 3 aromatic rings. The van der Waals surface area contributed by atoms with E-state index in [-0.39, 0.29) is 5.91 Å². The molecule has 0 aliphatic carbocycles. The van der Waals surface area contributed by atoms with Crippen molar-refractivity contribution in [3.8, 4) is 5.75 Å². The van der Waals surface area contributed by atoms with Crippen LogP contribution in [0.25, 0.3) is 0 Å². The Bertz CT molecular complexity index is 906. The van der Waals surface area contributed by atoms with Gasteiger partial charge in [0.1, 0.15) is 11.6 Å². The molecule has 1 N–H and O–H groups in total. The van der Waals surface area contributed by atoms with Crippen LogP contribution in [-0.4, -0.2) is 24.5 Å². The second-order valence-corrected chi connectivity index (χ2v) is 6.17. The highest BCUT2D eigenvalue weighted by atomic mass is 16.5. The van der Waals surface area contributed by atoms with Gasteiger partial charge in [0.05, 0.1) is 12.7 Å². The van der Waals surface area contributed by atoms with Gasteiger partial charge in [-0.2, -0.15) is 0 Å². The van der Waals surface area contributed by atoms with Gasteiger partial charge in [-0.05, 0) is 67.9 Å². The van der Waals surface area contributed by atoms with Crippen molar-refractivity contribution in [2.24, 2.45) is 0 Å². The molecule has 0 spiro atoms. The number of rotatable bonds is 6. The summed E-state index contributed by atoms with van der Waals surface area (Å²) >= 11 is 0. The molecule has 3 rings (SSSR count). The monoisotopic (exact) mass is 361 g/mol. The summed E-state index contributed by atoms with van der Waals surface area (Å²) in [6.45, 7) is 4.93. The SMILES string of the molecule is CCN(c1cccc(C)c1)c1ccc(C(=O)Nc2ccc(OC)cc2)cn1. The van der Waals surface area contributed by atoms with Gasteiger partial charge in [0, 0.05) is 24.1 Å². The van der Waals surface area contributed by atoms with E-state index in [2.05, 4.69) is 47.2 Å². The van der Waals surface area contributed by atoms with E-state index in [0.717, 1.165) is 23.8 Å². The zero-order valence-corrected chi connectivity index (χ0v) is 15.8. The Hall–Kier alpha value is -3.34. The number of aryl methyl sites for hydroxylation is 1. The smallest absolute Gasteiger partial charge is 0.257 e. The van der Waals surface area contributed by atoms with Crippen LogP contribution in [0.2, 0.25) is 0 Å². The molecule has 2 aromatic carbocycles. The second kappa shape index (κ2) is 8.36. The number of nitrogens with one attached hydrogen (secondary N) is 1. The van der Waals surface area contributed by atoms with Crippen molar-refractivity contribution in [2.45, 2.75) is 13.8 Å². The molecule has 0 saturated carbocycles. The van der Waals surface area contributed by atoms with Crippen molar-refractivity contribution >= 4 is 23.1 Å². The second-order valence-electron chi connectivity index (χ2n) is 6.17. The zero-order valence-electron chi connectivity index (χ0n) is 15.8. The molecule has 5 nitrogen and oxygen atoms in total. The molecule has 5 heteroatoms. The average molecular weight is 361 g/mol. The minimum Gasteiger partial charge on any atom is -0.497 e. The lowest BCUT2D eigenvalue weighted by Crippen LogP contribution is -2.18. The first-order valence-electron chi connectivity index (χ1n) is 8.86. The third-order valence-electron chi connectivity index (χ3n) is 4.26. The highest BCUT2D eigenvalue weighted by molar-refractivity contribution is 6.04. The molecule has 1 amide bonds. The molecule has 0 saturated heterocycles. The summed E-state index contributed by atoms with van der Waals surface area (Å²) in [5.74, 6) is 1.36. The molecule has 0 aliphatic rings. The van der Waals surface area contributed by atoms with E-state index >= 15 is 0 Å². The summed E-state index contributed by atoms with van der Waals surface area (Å²) in [7, 11) is 1.61. The van der Waals surface area contributed by atoms with Gasteiger partial charge in [0.2, 0.25) is 0 Å². The predicted octanol–water partition coefficient (Wildman–Crippen LogP) is 4.81. The minimum atomic E-state index is -0.196. The van der Waals surface area contributed by atoms with E-state index < -0.39 is 0 Å². The van der Waals surface area contributed by atoms with Crippen molar-refractivity contribution in [3.05, 3.63) is 78.0 Å². The summed E-state index contributed by atoms with van der Waals surface area (Å²) < 4.78 is 5.12. The van der Waals surface area contributed by atoms with E-state index in [1.54, 1.807) is 43.6 Å². The lowest BCUT2D eigenvalue weighted by molar-refractivity contribution is 0.102. The number of anilines is 3. The summed E-state index contributed by atoms with van der Waals surface area (Å²) in [5.41, 5.74) is 3.50. The summed E-state index contributed by atoms with van der Waals surface area (Å²) in [6, 6.07) is 19.1. The summed E-state index contributed by atoms with van der Waals surface area (Å²) in [4.78, 5) is 19.0. The topological polar surface area (TPSA) is 54.5 Å². The Kier molecular flexibility index (Phi) is 5.71. The van der Waals surface area contributed by atoms with Crippen LogP contribution in [0.4, 0.5) is 17.2 Å². The van der Waals surface area contributed by atoms with Crippen molar-refractivity contribution in [1.82, 2.24) is 4.98 Å². The highest BCUT2D eigenvalue weighted by Gasteiger charge is 2.11. The fourth-order valence-electron chi connectivity index (χ4n) is 2.83. The number of hydrogen-bond donors (Lipinski definition) is 1. The Morgan fingerprint density at radius 1 is 1.11 bits per heavy atom. The molecular weight excluding hydrogens is 338 g/mol. The fourth-order valence-corrected chi connectivity index (χ4v) is 2.83. The van der Waals surface area contributed by atoms with E-state index in [0.29, 0.717) is 11.3 Å². The largest absolute Gasteiger partial charge is 0.497 e. The van der Waals surface area contributed by atoms with Crippen LogP contribution in [-0.2, 0) is 0 Å². The number of pyridine rings is 1. The lowest BCUT2D eigenvalue weighted by atomic mass is 10.2. The Balaban J connectivity index is 1.74. The van der Waals surface area contributed by atoms with Gasteiger partial charge in [-0.25, -0.2) is 4.98 Å². The van der Waals surface area contributed by atoms with Crippen LogP contribution < -0.4 is 15.0 Å². The van der Waals surface area contributed by atoms with E-state index in [1.165, 1.54) is 5.56 Å². The van der Waals surface area contributed by atoms with Crippen LogP contribution in [0.5, 0.6) is 5.75 Å². The number of amides is 1. The van der Waals surface area contributed by atoms with Crippen LogP contribution >= 0.6 is 0 Å². The molecule has 1 heterocycles. The number of methoxy groups -OCH3 is 1. The number of hydrogen-bond acceptors (Lipinski definition) is 4. The van der Waals surface area contributed by atoms with Gasteiger partial charge in [-0.15, -0.1) is 0 Å². The normalized spacial score (nSPS) is 10.3. The fraction of sp³-hybridized carbons (Fsp3) is 0.182. The minimum absolute atomic E-state index is 0.196. The third kappa shape index (κ3) is 4.44.